The fourth-order valence-corrected chi connectivity index (χ4v) is 4.43. The van der Waals surface area contributed by atoms with Crippen LogP contribution in [0.4, 0.5) is 4.79 Å². The molecule has 1 saturated carbocycles. The molecule has 0 radical (unpaired) electrons. The Bertz CT molecular complexity index is 934. The highest BCUT2D eigenvalue weighted by Crippen LogP contribution is 2.33. The van der Waals surface area contributed by atoms with E-state index in [4.69, 9.17) is 0 Å². The average Bonchev–Trinajstić information content (AvgIpc) is 2.98. The quantitative estimate of drug-likeness (QED) is 0.748. The molecule has 1 heterocycles. The highest BCUT2D eigenvalue weighted by atomic mass is 16.2. The van der Waals surface area contributed by atoms with Crippen LogP contribution in [-0.2, 0) is 9.59 Å². The van der Waals surface area contributed by atoms with Gasteiger partial charge < -0.3 is 10.6 Å². The molecular formula is C24H27N3O3. The van der Waals surface area contributed by atoms with Crippen molar-refractivity contribution in [3.05, 3.63) is 71.3 Å². The second-order valence-electron chi connectivity index (χ2n) is 8.29. The van der Waals surface area contributed by atoms with E-state index in [0.29, 0.717) is 12.8 Å². The molecule has 30 heavy (non-hydrogen) atoms. The van der Waals surface area contributed by atoms with Gasteiger partial charge in [0.1, 0.15) is 12.1 Å². The first-order chi connectivity index (χ1) is 14.5. The van der Waals surface area contributed by atoms with Crippen molar-refractivity contribution in [2.24, 2.45) is 0 Å². The lowest BCUT2D eigenvalue weighted by Gasteiger charge is -2.30. The number of rotatable bonds is 5. The molecule has 2 aliphatic rings. The Kier molecular flexibility index (Phi) is 5.57. The van der Waals surface area contributed by atoms with Gasteiger partial charge in [-0.25, -0.2) is 4.79 Å². The molecule has 4 amide bonds. The average molecular weight is 405 g/mol. The minimum absolute atomic E-state index is 0.269. The SMILES string of the molecule is Cc1ccc(C(NC(=O)CN2C(=O)NC3(CCCCC3)C2=O)c2ccccc2)cc1. The van der Waals surface area contributed by atoms with Gasteiger partial charge in [-0.15, -0.1) is 0 Å². The van der Waals surface area contributed by atoms with Gasteiger partial charge in [0.2, 0.25) is 5.91 Å². The first-order valence-corrected chi connectivity index (χ1v) is 10.5. The summed E-state index contributed by atoms with van der Waals surface area (Å²) in [5.41, 5.74) is 2.21. The van der Waals surface area contributed by atoms with Crippen LogP contribution in [0.5, 0.6) is 0 Å². The van der Waals surface area contributed by atoms with E-state index in [9.17, 15) is 14.4 Å². The summed E-state index contributed by atoms with van der Waals surface area (Å²) in [6.45, 7) is 1.74. The molecule has 0 aromatic heterocycles. The molecule has 2 aromatic rings. The summed E-state index contributed by atoms with van der Waals surface area (Å²) < 4.78 is 0. The second kappa shape index (κ2) is 8.30. The molecule has 1 saturated heterocycles. The second-order valence-corrected chi connectivity index (χ2v) is 8.29. The number of nitrogens with one attached hydrogen (secondary N) is 2. The Labute approximate surface area is 176 Å². The molecule has 1 spiro atoms. The largest absolute Gasteiger partial charge is 0.344 e. The number of urea groups is 1. The molecule has 2 N–H and O–H groups in total. The Morgan fingerprint density at radius 1 is 1.00 bits per heavy atom. The fraction of sp³-hybridized carbons (Fsp3) is 0.375. The van der Waals surface area contributed by atoms with Crippen molar-refractivity contribution < 1.29 is 14.4 Å². The zero-order chi connectivity index (χ0) is 21.1. The van der Waals surface area contributed by atoms with Crippen LogP contribution in [0, 0.1) is 6.92 Å². The normalized spacial score (nSPS) is 18.9. The molecule has 4 rings (SSSR count). The predicted molar refractivity (Wildman–Crippen MR) is 114 cm³/mol. The van der Waals surface area contributed by atoms with E-state index in [-0.39, 0.29) is 24.4 Å². The maximum Gasteiger partial charge on any atom is 0.325 e. The van der Waals surface area contributed by atoms with Crippen LogP contribution in [0.2, 0.25) is 0 Å². The first-order valence-electron chi connectivity index (χ1n) is 10.5. The summed E-state index contributed by atoms with van der Waals surface area (Å²) in [4.78, 5) is 39.4. The summed E-state index contributed by atoms with van der Waals surface area (Å²) >= 11 is 0. The minimum Gasteiger partial charge on any atom is -0.344 e. The Hall–Kier alpha value is -3.15. The van der Waals surface area contributed by atoms with Crippen molar-refractivity contribution >= 4 is 17.8 Å². The van der Waals surface area contributed by atoms with Crippen molar-refractivity contribution in [3.8, 4) is 0 Å². The van der Waals surface area contributed by atoms with Gasteiger partial charge in [0.15, 0.2) is 0 Å². The van der Waals surface area contributed by atoms with E-state index in [1.807, 2.05) is 61.5 Å². The van der Waals surface area contributed by atoms with E-state index in [2.05, 4.69) is 10.6 Å². The van der Waals surface area contributed by atoms with Gasteiger partial charge in [0, 0.05) is 0 Å². The van der Waals surface area contributed by atoms with Crippen molar-refractivity contribution in [2.75, 3.05) is 6.54 Å². The number of amides is 4. The van der Waals surface area contributed by atoms with Gasteiger partial charge in [-0.3, -0.25) is 14.5 Å². The lowest BCUT2D eigenvalue weighted by molar-refractivity contribution is -0.136. The summed E-state index contributed by atoms with van der Waals surface area (Å²) in [6.07, 6.45) is 4.18. The third-order valence-corrected chi connectivity index (χ3v) is 6.10. The van der Waals surface area contributed by atoms with Crippen LogP contribution in [0.3, 0.4) is 0 Å². The van der Waals surface area contributed by atoms with E-state index in [1.54, 1.807) is 0 Å². The molecular weight excluding hydrogens is 378 g/mol. The van der Waals surface area contributed by atoms with Crippen LogP contribution < -0.4 is 10.6 Å². The number of imide groups is 1. The van der Waals surface area contributed by atoms with E-state index >= 15 is 0 Å². The summed E-state index contributed by atoms with van der Waals surface area (Å²) in [5.74, 6) is -0.630. The third kappa shape index (κ3) is 3.95. The van der Waals surface area contributed by atoms with Crippen LogP contribution in [0.1, 0.15) is 54.8 Å². The number of hydrogen-bond donors (Lipinski definition) is 2. The van der Waals surface area contributed by atoms with Crippen molar-refractivity contribution in [2.45, 2.75) is 50.6 Å². The van der Waals surface area contributed by atoms with Crippen molar-refractivity contribution in [3.63, 3.8) is 0 Å². The Balaban J connectivity index is 1.51. The number of benzene rings is 2. The van der Waals surface area contributed by atoms with E-state index < -0.39 is 11.6 Å². The third-order valence-electron chi connectivity index (χ3n) is 6.10. The van der Waals surface area contributed by atoms with Gasteiger partial charge in [-0.05, 0) is 30.9 Å². The molecule has 156 valence electrons. The topological polar surface area (TPSA) is 78.5 Å². The van der Waals surface area contributed by atoms with Crippen LogP contribution >= 0.6 is 0 Å². The highest BCUT2D eigenvalue weighted by Gasteiger charge is 2.51. The molecule has 6 heteroatoms. The Morgan fingerprint density at radius 2 is 1.63 bits per heavy atom. The van der Waals surface area contributed by atoms with Crippen LogP contribution in [0.15, 0.2) is 54.6 Å². The minimum atomic E-state index is -0.814. The molecule has 1 atom stereocenters. The van der Waals surface area contributed by atoms with E-state index in [0.717, 1.165) is 40.9 Å². The van der Waals surface area contributed by atoms with Crippen molar-refractivity contribution in [1.29, 1.82) is 0 Å². The number of hydrogen-bond acceptors (Lipinski definition) is 3. The number of nitrogens with zero attached hydrogens (tertiary/aromatic N) is 1. The summed E-state index contributed by atoms with van der Waals surface area (Å²) in [6, 6.07) is 16.8. The molecule has 2 fully saturated rings. The smallest absolute Gasteiger partial charge is 0.325 e. The number of carbonyl (C=O) groups is 3. The zero-order valence-corrected chi connectivity index (χ0v) is 17.2. The Morgan fingerprint density at radius 3 is 2.30 bits per heavy atom. The highest BCUT2D eigenvalue weighted by molar-refractivity contribution is 6.09. The van der Waals surface area contributed by atoms with Gasteiger partial charge in [-0.1, -0.05) is 79.4 Å². The predicted octanol–water partition coefficient (Wildman–Crippen LogP) is 3.46. The first kappa shape index (κ1) is 20.1. The molecule has 1 aliphatic carbocycles. The van der Waals surface area contributed by atoms with Gasteiger partial charge >= 0.3 is 6.03 Å². The summed E-state index contributed by atoms with van der Waals surface area (Å²) in [5, 5.41) is 5.87. The van der Waals surface area contributed by atoms with E-state index in [1.165, 1.54) is 0 Å². The van der Waals surface area contributed by atoms with Crippen LogP contribution in [0.25, 0.3) is 0 Å². The monoisotopic (exact) mass is 405 g/mol. The molecule has 0 bridgehead atoms. The summed E-state index contributed by atoms with van der Waals surface area (Å²) in [7, 11) is 0. The molecule has 2 aromatic carbocycles. The number of carbonyl (C=O) groups excluding carboxylic acids is 3. The maximum absolute atomic E-state index is 13.0. The maximum atomic E-state index is 13.0. The molecule has 1 aliphatic heterocycles. The zero-order valence-electron chi connectivity index (χ0n) is 17.2. The lowest BCUT2D eigenvalue weighted by atomic mass is 9.82. The standard InChI is InChI=1S/C24H27N3O3/c1-17-10-12-19(13-11-17)21(18-8-4-2-5-9-18)25-20(28)16-27-22(29)24(26-23(27)30)14-6-3-7-15-24/h2,4-5,8-13,21H,3,6-7,14-16H2,1H3,(H,25,28)(H,26,30). The lowest BCUT2D eigenvalue weighted by Crippen LogP contribution is -2.49. The van der Waals surface area contributed by atoms with Gasteiger partial charge in [-0.2, -0.15) is 0 Å². The molecule has 1 unspecified atom stereocenters. The molecule has 6 nitrogen and oxygen atoms in total. The van der Waals surface area contributed by atoms with Crippen molar-refractivity contribution in [1.82, 2.24) is 15.5 Å². The van der Waals surface area contributed by atoms with Crippen LogP contribution in [-0.4, -0.2) is 34.8 Å². The van der Waals surface area contributed by atoms with Gasteiger partial charge in [0.05, 0.1) is 6.04 Å². The van der Waals surface area contributed by atoms with Gasteiger partial charge in [0.25, 0.3) is 5.91 Å². The number of aryl methyl sites for hydroxylation is 1. The fourth-order valence-electron chi connectivity index (χ4n) is 4.43.